The van der Waals surface area contributed by atoms with Gasteiger partial charge in [0.05, 0.1) is 23.9 Å². The third-order valence-electron chi connectivity index (χ3n) is 4.66. The third kappa shape index (κ3) is 4.88. The highest BCUT2D eigenvalue weighted by Gasteiger charge is 2.12. The standard InChI is InChI=1S/C21H22ClN5OS2/c1-12-18(22)26-21(27-19(12)23-11-17-13(2)24-14(3)30-17)28-9-4-5-16-7-6-15-8-10-29-20(15)25-16/h6-8,10H,4-5,9,11H2,1-3H3,(H,23,26,27). The molecule has 4 rings (SSSR count). The van der Waals surface area contributed by atoms with Gasteiger partial charge >= 0.3 is 6.01 Å². The molecule has 0 saturated heterocycles. The van der Waals surface area contributed by atoms with Crippen molar-refractivity contribution < 1.29 is 4.74 Å². The number of aryl methyl sites for hydroxylation is 3. The Labute approximate surface area is 188 Å². The average Bonchev–Trinajstić information content (AvgIpc) is 3.31. The van der Waals surface area contributed by atoms with Gasteiger partial charge in [-0.25, -0.2) is 9.97 Å². The van der Waals surface area contributed by atoms with E-state index in [-0.39, 0.29) is 6.01 Å². The summed E-state index contributed by atoms with van der Waals surface area (Å²) in [5, 5.41) is 8.04. The maximum absolute atomic E-state index is 6.30. The van der Waals surface area contributed by atoms with Crippen molar-refractivity contribution in [3.63, 3.8) is 0 Å². The van der Waals surface area contributed by atoms with E-state index < -0.39 is 0 Å². The second-order valence-corrected chi connectivity index (χ2v) is 9.48. The monoisotopic (exact) mass is 459 g/mol. The van der Waals surface area contributed by atoms with Crippen LogP contribution in [0.15, 0.2) is 23.6 Å². The van der Waals surface area contributed by atoms with Crippen LogP contribution in [0.5, 0.6) is 6.01 Å². The Bertz CT molecular complexity index is 1170. The summed E-state index contributed by atoms with van der Waals surface area (Å²) in [6.45, 7) is 7.05. The van der Waals surface area contributed by atoms with Crippen LogP contribution in [0, 0.1) is 20.8 Å². The summed E-state index contributed by atoms with van der Waals surface area (Å²) < 4.78 is 5.78. The van der Waals surface area contributed by atoms with Gasteiger partial charge in [-0.05, 0) is 51.1 Å². The van der Waals surface area contributed by atoms with E-state index in [4.69, 9.17) is 16.3 Å². The molecular weight excluding hydrogens is 438 g/mol. The van der Waals surface area contributed by atoms with Crippen LogP contribution in [0.1, 0.15) is 33.3 Å². The van der Waals surface area contributed by atoms with Gasteiger partial charge in [0.25, 0.3) is 0 Å². The zero-order valence-electron chi connectivity index (χ0n) is 17.0. The molecule has 0 saturated carbocycles. The van der Waals surface area contributed by atoms with Crippen LogP contribution in [-0.4, -0.2) is 26.5 Å². The second kappa shape index (κ2) is 9.24. The Morgan fingerprint density at radius 2 is 1.93 bits per heavy atom. The van der Waals surface area contributed by atoms with Crippen molar-refractivity contribution in [2.75, 3.05) is 11.9 Å². The summed E-state index contributed by atoms with van der Waals surface area (Å²) >= 11 is 9.64. The Kier molecular flexibility index (Phi) is 6.46. The molecule has 4 aromatic heterocycles. The van der Waals surface area contributed by atoms with Crippen LogP contribution in [-0.2, 0) is 13.0 Å². The topological polar surface area (TPSA) is 72.8 Å². The van der Waals surface area contributed by atoms with Crippen LogP contribution in [0.4, 0.5) is 5.82 Å². The summed E-state index contributed by atoms with van der Waals surface area (Å²) in [4.78, 5) is 20.2. The molecule has 1 N–H and O–H groups in total. The normalized spacial score (nSPS) is 11.2. The van der Waals surface area contributed by atoms with Crippen LogP contribution in [0.2, 0.25) is 5.15 Å². The fraction of sp³-hybridized carbons (Fsp3) is 0.333. The van der Waals surface area contributed by atoms with Crippen LogP contribution in [0.3, 0.4) is 0 Å². The zero-order valence-corrected chi connectivity index (χ0v) is 19.4. The molecule has 0 aliphatic heterocycles. The number of hydrogen-bond donors (Lipinski definition) is 1. The Balaban J connectivity index is 1.34. The molecule has 0 aliphatic rings. The maximum Gasteiger partial charge on any atom is 0.319 e. The number of anilines is 1. The van der Waals surface area contributed by atoms with Gasteiger partial charge < -0.3 is 10.1 Å². The Morgan fingerprint density at radius 3 is 2.73 bits per heavy atom. The molecule has 0 atom stereocenters. The average molecular weight is 460 g/mol. The number of fused-ring (bicyclic) bond motifs is 1. The van der Waals surface area contributed by atoms with Crippen molar-refractivity contribution in [2.24, 2.45) is 0 Å². The van der Waals surface area contributed by atoms with Crippen molar-refractivity contribution >= 4 is 50.3 Å². The van der Waals surface area contributed by atoms with E-state index in [1.54, 1.807) is 22.7 Å². The van der Waals surface area contributed by atoms with Gasteiger partial charge in [-0.1, -0.05) is 17.7 Å². The number of halogens is 1. The number of nitrogens with zero attached hydrogens (tertiary/aromatic N) is 4. The molecule has 0 unspecified atom stereocenters. The highest BCUT2D eigenvalue weighted by molar-refractivity contribution is 7.16. The predicted molar refractivity (Wildman–Crippen MR) is 124 cm³/mol. The Hall–Kier alpha value is -2.29. The minimum absolute atomic E-state index is 0.284. The quantitative estimate of drug-likeness (QED) is 0.267. The van der Waals surface area contributed by atoms with Crippen molar-refractivity contribution in [3.8, 4) is 6.01 Å². The zero-order chi connectivity index (χ0) is 21.1. The van der Waals surface area contributed by atoms with Crippen LogP contribution >= 0.6 is 34.3 Å². The molecule has 30 heavy (non-hydrogen) atoms. The molecule has 0 aliphatic carbocycles. The Morgan fingerprint density at radius 1 is 1.07 bits per heavy atom. The van der Waals surface area contributed by atoms with Gasteiger partial charge in [-0.2, -0.15) is 9.97 Å². The molecule has 0 radical (unpaired) electrons. The van der Waals surface area contributed by atoms with E-state index in [9.17, 15) is 0 Å². The molecule has 0 aromatic carbocycles. The molecule has 0 amide bonds. The van der Waals surface area contributed by atoms with Gasteiger partial charge in [-0.15, -0.1) is 22.7 Å². The molecule has 4 aromatic rings. The number of nitrogens with one attached hydrogen (secondary N) is 1. The molecular formula is C21H22ClN5OS2. The first-order valence-corrected chi connectivity index (χ1v) is 11.7. The largest absolute Gasteiger partial charge is 0.463 e. The lowest BCUT2D eigenvalue weighted by Crippen LogP contribution is -2.08. The minimum Gasteiger partial charge on any atom is -0.463 e. The van der Waals surface area contributed by atoms with E-state index in [0.717, 1.165) is 39.6 Å². The summed E-state index contributed by atoms with van der Waals surface area (Å²) in [7, 11) is 0. The first-order valence-electron chi connectivity index (χ1n) is 9.66. The molecule has 6 nitrogen and oxygen atoms in total. The number of ether oxygens (including phenoxy) is 1. The fourth-order valence-electron chi connectivity index (χ4n) is 3.05. The van der Waals surface area contributed by atoms with Crippen molar-refractivity contribution in [2.45, 2.75) is 40.2 Å². The molecule has 0 bridgehead atoms. The first kappa shape index (κ1) is 21.0. The smallest absolute Gasteiger partial charge is 0.319 e. The van der Waals surface area contributed by atoms with Crippen LogP contribution < -0.4 is 10.1 Å². The highest BCUT2D eigenvalue weighted by atomic mass is 35.5. The highest BCUT2D eigenvalue weighted by Crippen LogP contribution is 2.25. The minimum atomic E-state index is 0.284. The lowest BCUT2D eigenvalue weighted by molar-refractivity contribution is 0.286. The van der Waals surface area contributed by atoms with Gasteiger partial charge in [0.1, 0.15) is 15.8 Å². The van der Waals surface area contributed by atoms with Gasteiger partial charge in [0, 0.05) is 21.5 Å². The number of thiazole rings is 1. The van der Waals surface area contributed by atoms with E-state index in [1.165, 1.54) is 10.3 Å². The number of pyridine rings is 1. The van der Waals surface area contributed by atoms with Crippen LogP contribution in [0.25, 0.3) is 10.2 Å². The lowest BCUT2D eigenvalue weighted by Gasteiger charge is -2.11. The van der Waals surface area contributed by atoms with Gasteiger partial charge in [0.15, 0.2) is 0 Å². The summed E-state index contributed by atoms with van der Waals surface area (Å²) in [5.74, 6) is 0.681. The van der Waals surface area contributed by atoms with E-state index in [1.807, 2.05) is 20.8 Å². The van der Waals surface area contributed by atoms with Crippen molar-refractivity contribution in [3.05, 3.63) is 55.6 Å². The molecule has 9 heteroatoms. The van der Waals surface area contributed by atoms with Gasteiger partial charge in [-0.3, -0.25) is 0 Å². The van der Waals surface area contributed by atoms with E-state index in [2.05, 4.69) is 48.8 Å². The SMILES string of the molecule is Cc1nc(C)c(CNc2nc(OCCCc3ccc4ccsc4n3)nc(Cl)c2C)s1. The maximum atomic E-state index is 6.30. The third-order valence-corrected chi connectivity index (χ3v) is 6.93. The number of rotatable bonds is 8. The fourth-order valence-corrected chi connectivity index (χ4v) is 4.87. The molecule has 0 spiro atoms. The molecule has 0 fully saturated rings. The van der Waals surface area contributed by atoms with E-state index in [0.29, 0.717) is 24.1 Å². The number of aromatic nitrogens is 4. The predicted octanol–water partition coefficient (Wildman–Crippen LogP) is 5.75. The van der Waals surface area contributed by atoms with Gasteiger partial charge in [0.2, 0.25) is 0 Å². The van der Waals surface area contributed by atoms with Crippen molar-refractivity contribution in [1.29, 1.82) is 0 Å². The summed E-state index contributed by atoms with van der Waals surface area (Å²) in [6.07, 6.45) is 1.66. The summed E-state index contributed by atoms with van der Waals surface area (Å²) in [5.41, 5.74) is 2.90. The first-order chi connectivity index (χ1) is 14.5. The lowest BCUT2D eigenvalue weighted by atomic mass is 10.2. The number of hydrogen-bond acceptors (Lipinski definition) is 8. The number of thiophene rings is 1. The van der Waals surface area contributed by atoms with E-state index >= 15 is 0 Å². The molecule has 4 heterocycles. The molecule has 156 valence electrons. The summed E-state index contributed by atoms with van der Waals surface area (Å²) in [6, 6.07) is 6.55. The second-order valence-electron chi connectivity index (χ2n) is 6.94. The van der Waals surface area contributed by atoms with Crippen molar-refractivity contribution in [1.82, 2.24) is 19.9 Å².